The summed E-state index contributed by atoms with van der Waals surface area (Å²) < 4.78 is 51.1. The third kappa shape index (κ3) is 4.04. The van der Waals surface area contributed by atoms with E-state index in [-0.39, 0.29) is 10.5 Å². The molecular formula is C16H23NO6S2. The predicted molar refractivity (Wildman–Crippen MR) is 94.0 cm³/mol. The lowest BCUT2D eigenvalue weighted by molar-refractivity contribution is 0.0696. The van der Waals surface area contributed by atoms with Crippen LogP contribution in [-0.4, -0.2) is 56.8 Å². The fraction of sp³-hybridized carbons (Fsp3) is 0.562. The van der Waals surface area contributed by atoms with Crippen LogP contribution in [0.25, 0.3) is 0 Å². The van der Waals surface area contributed by atoms with Crippen molar-refractivity contribution >= 4 is 25.8 Å². The first kappa shape index (κ1) is 19.9. The summed E-state index contributed by atoms with van der Waals surface area (Å²) in [4.78, 5) is 11.1. The number of sulfone groups is 1. The van der Waals surface area contributed by atoms with Crippen LogP contribution in [0.3, 0.4) is 0 Å². The monoisotopic (exact) mass is 389 g/mol. The summed E-state index contributed by atoms with van der Waals surface area (Å²) in [7, 11) is -5.90. The molecule has 1 saturated carbocycles. The molecular weight excluding hydrogens is 366 g/mol. The van der Waals surface area contributed by atoms with Gasteiger partial charge in [-0.05, 0) is 43.5 Å². The van der Waals surface area contributed by atoms with Crippen molar-refractivity contribution in [2.75, 3.05) is 13.3 Å². The van der Waals surface area contributed by atoms with E-state index in [1.54, 1.807) is 0 Å². The Morgan fingerprint density at radius 1 is 1.16 bits per heavy atom. The number of rotatable bonds is 5. The molecule has 1 aromatic carbocycles. The highest BCUT2D eigenvalue weighted by Crippen LogP contribution is 2.31. The van der Waals surface area contributed by atoms with E-state index in [1.165, 1.54) is 32.2 Å². The number of nitrogens with zero attached hydrogens (tertiary/aromatic N) is 1. The first-order valence-electron chi connectivity index (χ1n) is 7.97. The maximum Gasteiger partial charge on any atom is 0.335 e. The number of hydrogen-bond acceptors (Lipinski definition) is 5. The van der Waals surface area contributed by atoms with Gasteiger partial charge in [0, 0.05) is 19.3 Å². The number of carbonyl (C=O) groups is 1. The second kappa shape index (κ2) is 7.05. The van der Waals surface area contributed by atoms with Crippen LogP contribution >= 0.6 is 0 Å². The lowest BCUT2D eigenvalue weighted by Crippen LogP contribution is -2.49. The minimum Gasteiger partial charge on any atom is -0.478 e. The summed E-state index contributed by atoms with van der Waals surface area (Å²) >= 11 is 0. The molecule has 0 amide bonds. The number of carboxylic acids is 1. The Morgan fingerprint density at radius 2 is 1.76 bits per heavy atom. The van der Waals surface area contributed by atoms with Gasteiger partial charge in [-0.15, -0.1) is 0 Å². The summed E-state index contributed by atoms with van der Waals surface area (Å²) in [6.07, 6.45) is 3.60. The molecule has 1 fully saturated rings. The molecule has 25 heavy (non-hydrogen) atoms. The van der Waals surface area contributed by atoms with E-state index in [4.69, 9.17) is 5.11 Å². The molecule has 9 heteroatoms. The number of benzene rings is 1. The molecule has 1 aliphatic rings. The second-order valence-corrected chi connectivity index (χ2v) is 10.8. The molecule has 1 aliphatic carbocycles. The summed E-state index contributed by atoms with van der Waals surface area (Å²) in [5, 5.41) is 8.35. The lowest BCUT2D eigenvalue weighted by Gasteiger charge is -2.36. The van der Waals surface area contributed by atoms with Crippen LogP contribution in [0.1, 0.15) is 41.6 Å². The van der Waals surface area contributed by atoms with Crippen molar-refractivity contribution in [2.24, 2.45) is 0 Å². The minimum absolute atomic E-state index is 0.0321. The smallest absolute Gasteiger partial charge is 0.335 e. The van der Waals surface area contributed by atoms with E-state index in [1.807, 2.05) is 0 Å². The standard InChI is InChI=1S/C16H23NO6S2/c1-11-10-12(8-9-13(11)16(18)19)25(22,23)17(2)14-6-4-5-7-15(14)24(3,20)21/h8-10,14-15H,4-7H2,1-3H3,(H,18,19). The first-order chi connectivity index (χ1) is 11.5. The highest BCUT2D eigenvalue weighted by atomic mass is 32.2. The Labute approximate surface area is 148 Å². The molecule has 140 valence electrons. The molecule has 0 saturated heterocycles. The van der Waals surface area contributed by atoms with E-state index in [0.29, 0.717) is 18.4 Å². The van der Waals surface area contributed by atoms with E-state index < -0.39 is 37.1 Å². The molecule has 0 spiro atoms. The Kier molecular flexibility index (Phi) is 5.60. The van der Waals surface area contributed by atoms with Gasteiger partial charge in [-0.1, -0.05) is 12.8 Å². The first-order valence-corrected chi connectivity index (χ1v) is 11.4. The number of aromatic carboxylic acids is 1. The van der Waals surface area contributed by atoms with Crippen LogP contribution in [0.2, 0.25) is 0 Å². The van der Waals surface area contributed by atoms with Gasteiger partial charge in [0.05, 0.1) is 15.7 Å². The molecule has 7 nitrogen and oxygen atoms in total. The van der Waals surface area contributed by atoms with Gasteiger partial charge in [-0.25, -0.2) is 21.6 Å². The molecule has 2 rings (SSSR count). The van der Waals surface area contributed by atoms with Gasteiger partial charge in [0.15, 0.2) is 9.84 Å². The number of hydrogen-bond donors (Lipinski definition) is 1. The van der Waals surface area contributed by atoms with Gasteiger partial charge in [-0.2, -0.15) is 4.31 Å². The van der Waals surface area contributed by atoms with Crippen LogP contribution in [0.5, 0.6) is 0 Å². The second-order valence-electron chi connectivity index (χ2n) is 6.52. The predicted octanol–water partition coefficient (Wildman–Crippen LogP) is 1.67. The van der Waals surface area contributed by atoms with Crippen molar-refractivity contribution in [3.8, 4) is 0 Å². The quantitative estimate of drug-likeness (QED) is 0.820. The molecule has 0 radical (unpaired) electrons. The zero-order valence-electron chi connectivity index (χ0n) is 14.5. The zero-order valence-corrected chi connectivity index (χ0v) is 16.1. The molecule has 0 aliphatic heterocycles. The fourth-order valence-corrected chi connectivity index (χ4v) is 6.44. The fourth-order valence-electron chi connectivity index (χ4n) is 3.37. The van der Waals surface area contributed by atoms with Crippen molar-refractivity contribution in [2.45, 2.75) is 48.8 Å². The van der Waals surface area contributed by atoms with Crippen molar-refractivity contribution < 1.29 is 26.7 Å². The van der Waals surface area contributed by atoms with Crippen LogP contribution in [0, 0.1) is 6.92 Å². The average molecular weight is 389 g/mol. The Balaban J connectivity index is 2.41. The highest BCUT2D eigenvalue weighted by Gasteiger charge is 2.39. The van der Waals surface area contributed by atoms with Crippen LogP contribution in [0.4, 0.5) is 0 Å². The van der Waals surface area contributed by atoms with Gasteiger partial charge < -0.3 is 5.11 Å². The molecule has 0 aromatic heterocycles. The van der Waals surface area contributed by atoms with Crippen LogP contribution in [0.15, 0.2) is 23.1 Å². The Hall–Kier alpha value is -1.45. The maximum atomic E-state index is 12.9. The van der Waals surface area contributed by atoms with Gasteiger partial charge >= 0.3 is 5.97 Å². The van der Waals surface area contributed by atoms with Gasteiger partial charge in [-0.3, -0.25) is 0 Å². The third-order valence-electron chi connectivity index (χ3n) is 4.79. The largest absolute Gasteiger partial charge is 0.478 e. The van der Waals surface area contributed by atoms with Gasteiger partial charge in [0.1, 0.15) is 0 Å². The molecule has 1 N–H and O–H groups in total. The number of aryl methyl sites for hydroxylation is 1. The molecule has 1 aromatic rings. The normalized spacial score (nSPS) is 22.1. The van der Waals surface area contributed by atoms with Crippen molar-refractivity contribution in [1.29, 1.82) is 0 Å². The summed E-state index contributed by atoms with van der Waals surface area (Å²) in [6, 6.07) is 3.20. The van der Waals surface area contributed by atoms with Crippen LogP contribution < -0.4 is 0 Å². The molecule has 0 heterocycles. The van der Waals surface area contributed by atoms with E-state index in [9.17, 15) is 21.6 Å². The molecule has 2 atom stereocenters. The minimum atomic E-state index is -3.92. The van der Waals surface area contributed by atoms with Crippen molar-refractivity contribution in [1.82, 2.24) is 4.31 Å². The van der Waals surface area contributed by atoms with Crippen molar-refractivity contribution in [3.05, 3.63) is 29.3 Å². The summed E-state index contributed by atoms with van der Waals surface area (Å²) in [5.74, 6) is -1.13. The molecule has 0 bridgehead atoms. The highest BCUT2D eigenvalue weighted by molar-refractivity contribution is 7.91. The van der Waals surface area contributed by atoms with Crippen LogP contribution in [-0.2, 0) is 19.9 Å². The maximum absolute atomic E-state index is 12.9. The topological polar surface area (TPSA) is 109 Å². The van der Waals surface area contributed by atoms with E-state index in [0.717, 1.165) is 23.4 Å². The molecule has 2 unspecified atom stereocenters. The summed E-state index contributed by atoms with van der Waals surface area (Å²) in [6.45, 7) is 1.53. The SMILES string of the molecule is Cc1cc(S(=O)(=O)N(C)C2CCCCC2S(C)(=O)=O)ccc1C(=O)O. The Bertz CT molecular complexity index is 876. The Morgan fingerprint density at radius 3 is 2.28 bits per heavy atom. The van der Waals surface area contributed by atoms with E-state index >= 15 is 0 Å². The van der Waals surface area contributed by atoms with Gasteiger partial charge in [0.2, 0.25) is 10.0 Å². The average Bonchev–Trinajstić information content (AvgIpc) is 2.52. The number of carboxylic acid groups (broad SMARTS) is 1. The lowest BCUT2D eigenvalue weighted by atomic mass is 9.95. The summed E-state index contributed by atoms with van der Waals surface area (Å²) in [5.41, 5.74) is 0.374. The van der Waals surface area contributed by atoms with Gasteiger partial charge in [0.25, 0.3) is 0 Å². The van der Waals surface area contributed by atoms with Crippen molar-refractivity contribution in [3.63, 3.8) is 0 Å². The zero-order chi connectivity index (χ0) is 19.0. The third-order valence-corrected chi connectivity index (χ3v) is 8.32. The van der Waals surface area contributed by atoms with E-state index in [2.05, 4.69) is 0 Å². The number of sulfonamides is 1.